The number of nitrogen functional groups attached to an aromatic ring is 1. The van der Waals surface area contributed by atoms with Crippen LogP contribution in [0.3, 0.4) is 0 Å². The zero-order chi connectivity index (χ0) is 23.7. The number of aromatic amines is 1. The van der Waals surface area contributed by atoms with Crippen LogP contribution in [0.2, 0.25) is 0 Å². The fourth-order valence-electron chi connectivity index (χ4n) is 3.84. The van der Waals surface area contributed by atoms with Crippen molar-refractivity contribution < 1.29 is 13.9 Å². The number of anilines is 1. The Morgan fingerprint density at radius 2 is 2.12 bits per heavy atom. The van der Waals surface area contributed by atoms with E-state index in [-0.39, 0.29) is 23.9 Å². The van der Waals surface area contributed by atoms with Gasteiger partial charge in [-0.05, 0) is 43.7 Å². The second kappa shape index (κ2) is 8.67. The molecule has 0 radical (unpaired) electrons. The molecule has 0 fully saturated rings. The summed E-state index contributed by atoms with van der Waals surface area (Å²) in [5.41, 5.74) is 9.48. The summed E-state index contributed by atoms with van der Waals surface area (Å²) in [5.74, 6) is -0.362. The minimum Gasteiger partial charge on any atom is -0.496 e. The molecule has 0 aliphatic carbocycles. The molecular formula is C24H23FN6O2. The number of aromatic nitrogens is 3. The number of ether oxygens (including phenoxy) is 1. The van der Waals surface area contributed by atoms with Gasteiger partial charge in [0.05, 0.1) is 18.2 Å². The predicted molar refractivity (Wildman–Crippen MR) is 123 cm³/mol. The first-order valence-corrected chi connectivity index (χ1v) is 10.3. The lowest BCUT2D eigenvalue weighted by atomic mass is 10.0. The molecule has 0 bridgehead atoms. The standard InChI is InChI=1S/C24H23FN6O2/c1-13(2)31-23(27)19(11-26)22(30-31)16-6-4-14(21-17(16)8-9-28-21)12-29-24(32)18-10-15(25)5-7-20(18)33-3/h4-10,13,28H,12,27H2,1-3H3,(H,29,32). The summed E-state index contributed by atoms with van der Waals surface area (Å²) in [6.07, 6.45) is 1.78. The normalized spacial score (nSPS) is 11.0. The van der Waals surface area contributed by atoms with E-state index in [1.807, 2.05) is 32.0 Å². The van der Waals surface area contributed by atoms with Crippen molar-refractivity contribution in [3.63, 3.8) is 0 Å². The van der Waals surface area contributed by atoms with Crippen molar-refractivity contribution in [1.82, 2.24) is 20.1 Å². The molecule has 0 spiro atoms. The monoisotopic (exact) mass is 446 g/mol. The second-order valence-electron chi connectivity index (χ2n) is 7.82. The summed E-state index contributed by atoms with van der Waals surface area (Å²) in [5, 5.41) is 17.9. The maximum Gasteiger partial charge on any atom is 0.255 e. The fourth-order valence-corrected chi connectivity index (χ4v) is 3.84. The third kappa shape index (κ3) is 3.87. The van der Waals surface area contributed by atoms with Crippen molar-refractivity contribution in [3.05, 3.63) is 65.1 Å². The highest BCUT2D eigenvalue weighted by molar-refractivity contribution is 5.99. The van der Waals surface area contributed by atoms with E-state index in [0.29, 0.717) is 17.1 Å². The van der Waals surface area contributed by atoms with Gasteiger partial charge in [0.1, 0.15) is 34.7 Å². The van der Waals surface area contributed by atoms with E-state index in [1.165, 1.54) is 19.2 Å². The van der Waals surface area contributed by atoms with E-state index >= 15 is 0 Å². The minimum absolute atomic E-state index is 0.00173. The number of carbonyl (C=O) groups is 1. The Hall–Kier alpha value is -4.32. The van der Waals surface area contributed by atoms with Crippen LogP contribution in [0.1, 0.15) is 41.4 Å². The number of rotatable bonds is 6. The zero-order valence-electron chi connectivity index (χ0n) is 18.4. The maximum atomic E-state index is 13.6. The third-order valence-corrected chi connectivity index (χ3v) is 5.46. The summed E-state index contributed by atoms with van der Waals surface area (Å²) >= 11 is 0. The van der Waals surface area contributed by atoms with Gasteiger partial charge in [-0.3, -0.25) is 4.79 Å². The molecule has 0 atom stereocenters. The van der Waals surface area contributed by atoms with E-state index in [9.17, 15) is 14.4 Å². The number of methoxy groups -OCH3 is 1. The Morgan fingerprint density at radius 3 is 2.82 bits per heavy atom. The van der Waals surface area contributed by atoms with Crippen molar-refractivity contribution in [2.75, 3.05) is 12.8 Å². The molecule has 4 rings (SSSR count). The number of benzene rings is 2. The van der Waals surface area contributed by atoms with Crippen molar-refractivity contribution in [2.45, 2.75) is 26.4 Å². The predicted octanol–water partition coefficient (Wildman–Crippen LogP) is 4.14. The third-order valence-electron chi connectivity index (χ3n) is 5.46. The van der Waals surface area contributed by atoms with E-state index in [0.717, 1.165) is 28.1 Å². The lowest BCUT2D eigenvalue weighted by molar-refractivity contribution is 0.0947. The Balaban J connectivity index is 1.68. The molecule has 2 aromatic carbocycles. The average molecular weight is 446 g/mol. The van der Waals surface area contributed by atoms with E-state index in [2.05, 4.69) is 21.5 Å². The van der Waals surface area contributed by atoms with Crippen LogP contribution in [0.15, 0.2) is 42.6 Å². The number of nitrogens with one attached hydrogen (secondary N) is 2. The summed E-state index contributed by atoms with van der Waals surface area (Å²) in [6, 6.07) is 11.5. The number of amides is 1. The fraction of sp³-hybridized carbons (Fsp3) is 0.208. The number of hydrogen-bond acceptors (Lipinski definition) is 5. The molecule has 2 heterocycles. The highest BCUT2D eigenvalue weighted by Gasteiger charge is 2.21. The molecule has 0 unspecified atom stereocenters. The number of fused-ring (bicyclic) bond motifs is 1. The average Bonchev–Trinajstić information content (AvgIpc) is 3.42. The van der Waals surface area contributed by atoms with Crippen LogP contribution in [-0.4, -0.2) is 27.8 Å². The van der Waals surface area contributed by atoms with Crippen LogP contribution in [-0.2, 0) is 6.54 Å². The summed E-state index contributed by atoms with van der Waals surface area (Å²) in [4.78, 5) is 15.9. The van der Waals surface area contributed by atoms with Crippen LogP contribution in [0, 0.1) is 17.1 Å². The van der Waals surface area contributed by atoms with Gasteiger partial charge in [0.2, 0.25) is 0 Å². The van der Waals surface area contributed by atoms with Crippen LogP contribution in [0.4, 0.5) is 10.2 Å². The number of halogens is 1. The van der Waals surface area contributed by atoms with Crippen LogP contribution in [0.25, 0.3) is 22.2 Å². The topological polar surface area (TPSA) is 122 Å². The Bertz CT molecular complexity index is 1400. The second-order valence-corrected chi connectivity index (χ2v) is 7.82. The van der Waals surface area contributed by atoms with Gasteiger partial charge in [0.25, 0.3) is 5.91 Å². The summed E-state index contributed by atoms with van der Waals surface area (Å²) in [7, 11) is 1.42. The van der Waals surface area contributed by atoms with Gasteiger partial charge in [0.15, 0.2) is 0 Å². The molecular weight excluding hydrogens is 423 g/mol. The highest BCUT2D eigenvalue weighted by atomic mass is 19.1. The number of nitrogens with two attached hydrogens (primary N) is 1. The quantitative estimate of drug-likeness (QED) is 0.411. The molecule has 8 nitrogen and oxygen atoms in total. The molecule has 168 valence electrons. The van der Waals surface area contributed by atoms with Crippen LogP contribution < -0.4 is 15.8 Å². The van der Waals surface area contributed by atoms with Crippen molar-refractivity contribution in [3.8, 4) is 23.1 Å². The lowest BCUT2D eigenvalue weighted by Gasteiger charge is -2.11. The number of nitriles is 1. The van der Waals surface area contributed by atoms with E-state index in [1.54, 1.807) is 10.9 Å². The smallest absolute Gasteiger partial charge is 0.255 e. The molecule has 0 saturated heterocycles. The molecule has 33 heavy (non-hydrogen) atoms. The maximum absolute atomic E-state index is 13.6. The van der Waals surface area contributed by atoms with E-state index < -0.39 is 11.7 Å². The van der Waals surface area contributed by atoms with Crippen molar-refractivity contribution >= 4 is 22.6 Å². The van der Waals surface area contributed by atoms with Gasteiger partial charge in [0, 0.05) is 29.7 Å². The SMILES string of the molecule is COc1ccc(F)cc1C(=O)NCc1ccc(-c2nn(C(C)C)c(N)c2C#N)c2cc[nH]c12. The Morgan fingerprint density at radius 1 is 1.33 bits per heavy atom. The molecule has 1 amide bonds. The number of H-pyrrole nitrogens is 1. The molecule has 0 aliphatic rings. The lowest BCUT2D eigenvalue weighted by Crippen LogP contribution is -2.23. The zero-order valence-corrected chi connectivity index (χ0v) is 18.4. The van der Waals surface area contributed by atoms with Crippen LogP contribution >= 0.6 is 0 Å². The molecule has 0 saturated carbocycles. The first kappa shape index (κ1) is 21.9. The van der Waals surface area contributed by atoms with Crippen molar-refractivity contribution in [1.29, 1.82) is 5.26 Å². The number of hydrogen-bond donors (Lipinski definition) is 3. The summed E-state index contributed by atoms with van der Waals surface area (Å²) < 4.78 is 20.4. The van der Waals surface area contributed by atoms with Gasteiger partial charge in [-0.2, -0.15) is 10.4 Å². The largest absolute Gasteiger partial charge is 0.496 e. The molecule has 4 aromatic rings. The van der Waals surface area contributed by atoms with Gasteiger partial charge in [-0.15, -0.1) is 0 Å². The van der Waals surface area contributed by atoms with Crippen molar-refractivity contribution in [2.24, 2.45) is 0 Å². The molecule has 0 aliphatic heterocycles. The summed E-state index contributed by atoms with van der Waals surface area (Å²) in [6.45, 7) is 4.09. The molecule has 4 N–H and O–H groups in total. The Labute approximate surface area is 189 Å². The first-order valence-electron chi connectivity index (χ1n) is 10.3. The van der Waals surface area contributed by atoms with Crippen LogP contribution in [0.5, 0.6) is 5.75 Å². The van der Waals surface area contributed by atoms with Gasteiger partial charge in [-0.25, -0.2) is 9.07 Å². The van der Waals surface area contributed by atoms with Gasteiger partial charge in [-0.1, -0.05) is 12.1 Å². The Kier molecular flexibility index (Phi) is 5.75. The highest BCUT2D eigenvalue weighted by Crippen LogP contribution is 2.34. The molecule has 9 heteroatoms. The van der Waals surface area contributed by atoms with Gasteiger partial charge >= 0.3 is 0 Å². The van der Waals surface area contributed by atoms with Gasteiger partial charge < -0.3 is 20.8 Å². The van der Waals surface area contributed by atoms with E-state index in [4.69, 9.17) is 10.5 Å². The molecule has 2 aromatic heterocycles. The minimum atomic E-state index is -0.523. The number of carbonyl (C=O) groups excluding carboxylic acids is 1. The number of nitrogens with zero attached hydrogens (tertiary/aromatic N) is 3. The first-order chi connectivity index (χ1) is 15.8.